The van der Waals surface area contributed by atoms with E-state index < -0.39 is 0 Å². The predicted octanol–water partition coefficient (Wildman–Crippen LogP) is 3.27. The second-order valence-electron chi connectivity index (χ2n) is 5.06. The summed E-state index contributed by atoms with van der Waals surface area (Å²) in [5.74, 6) is 0. The van der Waals surface area contributed by atoms with Gasteiger partial charge in [0.25, 0.3) is 5.56 Å². The van der Waals surface area contributed by atoms with Gasteiger partial charge in [-0.2, -0.15) is 10.4 Å². The smallest absolute Gasteiger partial charge is 0.266 e. The normalized spacial score (nSPS) is 11.6. The van der Waals surface area contributed by atoms with E-state index in [1.165, 1.54) is 4.68 Å². The van der Waals surface area contributed by atoms with Crippen LogP contribution in [0.5, 0.6) is 0 Å². The van der Waals surface area contributed by atoms with Gasteiger partial charge in [-0.3, -0.25) is 4.79 Å². The first-order valence-electron chi connectivity index (χ1n) is 6.95. The third-order valence-electron chi connectivity index (χ3n) is 3.25. The van der Waals surface area contributed by atoms with Crippen LogP contribution in [0.4, 0.5) is 0 Å². The third-order valence-corrected chi connectivity index (χ3v) is 3.25. The van der Waals surface area contributed by atoms with Gasteiger partial charge in [0.15, 0.2) is 0 Å². The molecule has 1 heterocycles. The molecule has 4 heteroatoms. The van der Waals surface area contributed by atoms with Crippen molar-refractivity contribution in [2.24, 2.45) is 5.10 Å². The average molecular weight is 291 g/mol. The van der Waals surface area contributed by atoms with Gasteiger partial charge in [0.2, 0.25) is 0 Å². The Bertz CT molecular complexity index is 837. The van der Waals surface area contributed by atoms with Crippen molar-refractivity contribution in [2.45, 2.75) is 20.8 Å². The zero-order valence-corrected chi connectivity index (χ0v) is 12.9. The monoisotopic (exact) mass is 291 g/mol. The van der Waals surface area contributed by atoms with Crippen LogP contribution >= 0.6 is 0 Å². The molecule has 0 atom stereocenters. The van der Waals surface area contributed by atoms with Gasteiger partial charge in [-0.25, -0.2) is 4.68 Å². The number of pyridine rings is 1. The molecule has 2 aromatic rings. The minimum atomic E-state index is -0.382. The maximum atomic E-state index is 12.3. The standard InChI is InChI=1S/C18H17N3O/c1-13-11-15(3)21(18(22)17(13)12-19)20-14(2)9-10-16-7-5-4-6-8-16/h4-11H,1-3H3/b10-9-,20-14?. The van der Waals surface area contributed by atoms with Crippen LogP contribution in [0.2, 0.25) is 0 Å². The Morgan fingerprint density at radius 3 is 2.59 bits per heavy atom. The van der Waals surface area contributed by atoms with Crippen molar-refractivity contribution in [1.82, 2.24) is 4.68 Å². The van der Waals surface area contributed by atoms with Crippen LogP contribution < -0.4 is 5.56 Å². The van der Waals surface area contributed by atoms with Crippen LogP contribution in [0.1, 0.15) is 29.3 Å². The fraction of sp³-hybridized carbons (Fsp3) is 0.167. The van der Waals surface area contributed by atoms with E-state index in [2.05, 4.69) is 5.10 Å². The summed E-state index contributed by atoms with van der Waals surface area (Å²) >= 11 is 0. The molecule has 0 fully saturated rings. The molecule has 0 spiro atoms. The fourth-order valence-corrected chi connectivity index (χ4v) is 2.11. The molecule has 4 nitrogen and oxygen atoms in total. The number of benzene rings is 1. The number of rotatable bonds is 3. The first kappa shape index (κ1) is 15.5. The molecule has 0 amide bonds. The van der Waals surface area contributed by atoms with Crippen LogP contribution in [0.15, 0.2) is 52.4 Å². The minimum absolute atomic E-state index is 0.134. The van der Waals surface area contributed by atoms with Crippen molar-refractivity contribution in [1.29, 1.82) is 5.26 Å². The molecular formula is C18H17N3O. The summed E-state index contributed by atoms with van der Waals surface area (Å²) in [5, 5.41) is 13.4. The van der Waals surface area contributed by atoms with E-state index >= 15 is 0 Å². The average Bonchev–Trinajstić information content (AvgIpc) is 2.51. The van der Waals surface area contributed by atoms with E-state index in [4.69, 9.17) is 5.26 Å². The zero-order valence-electron chi connectivity index (χ0n) is 12.9. The number of nitrogens with zero attached hydrogens (tertiary/aromatic N) is 3. The molecule has 22 heavy (non-hydrogen) atoms. The summed E-state index contributed by atoms with van der Waals surface area (Å²) in [7, 11) is 0. The van der Waals surface area contributed by atoms with Crippen molar-refractivity contribution >= 4 is 11.8 Å². The molecular weight excluding hydrogens is 274 g/mol. The minimum Gasteiger partial charge on any atom is -0.266 e. The summed E-state index contributed by atoms with van der Waals surface area (Å²) in [4.78, 5) is 12.3. The van der Waals surface area contributed by atoms with Crippen LogP contribution in [0.25, 0.3) is 6.08 Å². The molecule has 0 unspecified atom stereocenters. The molecule has 0 aliphatic rings. The van der Waals surface area contributed by atoms with Crippen molar-refractivity contribution in [3.63, 3.8) is 0 Å². The second-order valence-corrected chi connectivity index (χ2v) is 5.06. The SMILES string of the molecule is CC(/C=C\c1ccccc1)=Nn1c(C)cc(C)c(C#N)c1=O. The van der Waals surface area contributed by atoms with Gasteiger partial charge >= 0.3 is 0 Å². The summed E-state index contributed by atoms with van der Waals surface area (Å²) in [6, 6.07) is 13.6. The molecule has 1 aromatic heterocycles. The summed E-state index contributed by atoms with van der Waals surface area (Å²) in [5.41, 5.74) is 2.87. The van der Waals surface area contributed by atoms with Gasteiger partial charge in [-0.1, -0.05) is 36.4 Å². The van der Waals surface area contributed by atoms with Gasteiger partial charge < -0.3 is 0 Å². The highest BCUT2D eigenvalue weighted by atomic mass is 16.1. The second kappa shape index (κ2) is 6.68. The topological polar surface area (TPSA) is 58.1 Å². The number of aryl methyl sites for hydroxylation is 2. The van der Waals surface area contributed by atoms with Crippen molar-refractivity contribution in [2.75, 3.05) is 0 Å². The van der Waals surface area contributed by atoms with Crippen LogP contribution in [-0.4, -0.2) is 10.4 Å². The molecule has 110 valence electrons. The van der Waals surface area contributed by atoms with E-state index in [1.54, 1.807) is 19.9 Å². The quantitative estimate of drug-likeness (QED) is 0.815. The van der Waals surface area contributed by atoms with E-state index in [-0.39, 0.29) is 11.1 Å². The van der Waals surface area contributed by atoms with Crippen molar-refractivity contribution in [3.8, 4) is 6.07 Å². The Labute approximate surface area is 129 Å². The largest absolute Gasteiger partial charge is 0.289 e. The lowest BCUT2D eigenvalue weighted by Gasteiger charge is -2.07. The van der Waals surface area contributed by atoms with Crippen molar-refractivity contribution < 1.29 is 0 Å². The zero-order chi connectivity index (χ0) is 16.1. The Kier molecular flexibility index (Phi) is 4.70. The molecule has 0 aliphatic carbocycles. The van der Waals surface area contributed by atoms with E-state index in [1.807, 2.05) is 55.5 Å². The van der Waals surface area contributed by atoms with E-state index in [0.717, 1.165) is 5.56 Å². The lowest BCUT2D eigenvalue weighted by Crippen LogP contribution is -2.23. The Morgan fingerprint density at radius 2 is 1.95 bits per heavy atom. The van der Waals surface area contributed by atoms with Gasteiger partial charge in [0, 0.05) is 5.69 Å². The molecule has 0 bridgehead atoms. The highest BCUT2D eigenvalue weighted by Crippen LogP contribution is 2.06. The first-order valence-corrected chi connectivity index (χ1v) is 6.95. The Balaban J connectivity index is 2.39. The lowest BCUT2D eigenvalue weighted by atomic mass is 10.1. The van der Waals surface area contributed by atoms with Gasteiger partial charge in [-0.05, 0) is 44.0 Å². The third kappa shape index (κ3) is 3.39. The summed E-state index contributed by atoms with van der Waals surface area (Å²) < 4.78 is 1.27. The molecule has 0 radical (unpaired) electrons. The highest BCUT2D eigenvalue weighted by Gasteiger charge is 2.09. The summed E-state index contributed by atoms with van der Waals surface area (Å²) in [6.45, 7) is 5.37. The number of nitriles is 1. The molecule has 1 aromatic carbocycles. The highest BCUT2D eigenvalue weighted by molar-refractivity contribution is 5.96. The molecule has 2 rings (SSSR count). The van der Waals surface area contributed by atoms with Gasteiger partial charge in [0.05, 0.1) is 5.71 Å². The van der Waals surface area contributed by atoms with E-state index in [9.17, 15) is 4.79 Å². The molecule has 0 aliphatic heterocycles. The molecule has 0 saturated heterocycles. The number of hydrogen-bond acceptors (Lipinski definition) is 3. The molecule has 0 saturated carbocycles. The number of hydrogen-bond donors (Lipinski definition) is 0. The summed E-state index contributed by atoms with van der Waals surface area (Å²) in [6.07, 6.45) is 3.77. The predicted molar refractivity (Wildman–Crippen MR) is 88.9 cm³/mol. The maximum absolute atomic E-state index is 12.3. The van der Waals surface area contributed by atoms with Crippen molar-refractivity contribution in [3.05, 3.63) is 75.2 Å². The van der Waals surface area contributed by atoms with Gasteiger partial charge in [0.1, 0.15) is 11.6 Å². The molecule has 0 N–H and O–H groups in total. The Morgan fingerprint density at radius 1 is 1.27 bits per heavy atom. The number of allylic oxidation sites excluding steroid dienone is 1. The van der Waals surface area contributed by atoms with Crippen LogP contribution in [0, 0.1) is 25.2 Å². The Hall–Kier alpha value is -2.93. The first-order chi connectivity index (χ1) is 10.5. The van der Waals surface area contributed by atoms with Crippen LogP contribution in [-0.2, 0) is 0 Å². The fourth-order valence-electron chi connectivity index (χ4n) is 2.11. The lowest BCUT2D eigenvalue weighted by molar-refractivity contribution is 0.782. The number of aromatic nitrogens is 1. The van der Waals surface area contributed by atoms with Crippen LogP contribution in [0.3, 0.4) is 0 Å². The maximum Gasteiger partial charge on any atom is 0.289 e. The van der Waals surface area contributed by atoms with Gasteiger partial charge in [-0.15, -0.1) is 0 Å². The van der Waals surface area contributed by atoms with E-state index in [0.29, 0.717) is 17.0 Å².